The Labute approximate surface area is 121 Å². The molecule has 0 aliphatic heterocycles. The Bertz CT molecular complexity index is 405. The molecule has 106 valence electrons. The molecule has 0 heterocycles. The van der Waals surface area contributed by atoms with E-state index in [1.807, 2.05) is 31.2 Å². The maximum Gasteiger partial charge on any atom is 0.224 e. The van der Waals surface area contributed by atoms with Gasteiger partial charge in [0.1, 0.15) is 0 Å². The van der Waals surface area contributed by atoms with Gasteiger partial charge >= 0.3 is 0 Å². The van der Waals surface area contributed by atoms with Crippen LogP contribution in [0.3, 0.4) is 0 Å². The van der Waals surface area contributed by atoms with Crippen LogP contribution >= 0.6 is 12.4 Å². The molecule has 19 heavy (non-hydrogen) atoms. The van der Waals surface area contributed by atoms with Crippen molar-refractivity contribution in [1.29, 1.82) is 0 Å². The van der Waals surface area contributed by atoms with Gasteiger partial charge in [-0.15, -0.1) is 12.4 Å². The molecule has 1 aromatic carbocycles. The van der Waals surface area contributed by atoms with Crippen molar-refractivity contribution in [2.75, 3.05) is 6.54 Å². The van der Waals surface area contributed by atoms with Gasteiger partial charge in [0.2, 0.25) is 5.91 Å². The van der Waals surface area contributed by atoms with Crippen molar-refractivity contribution in [1.82, 2.24) is 5.32 Å². The molecular weight excluding hydrogens is 260 g/mol. The summed E-state index contributed by atoms with van der Waals surface area (Å²) < 4.78 is 0. The highest BCUT2D eigenvalue weighted by molar-refractivity contribution is 5.85. The van der Waals surface area contributed by atoms with Gasteiger partial charge < -0.3 is 11.1 Å². The monoisotopic (exact) mass is 282 g/mol. The molecule has 2 unspecified atom stereocenters. The van der Waals surface area contributed by atoms with E-state index in [2.05, 4.69) is 5.32 Å². The van der Waals surface area contributed by atoms with E-state index in [0.29, 0.717) is 18.9 Å². The zero-order valence-electron chi connectivity index (χ0n) is 11.4. The average Bonchev–Trinajstić information content (AvgIpc) is 2.79. The van der Waals surface area contributed by atoms with Crippen molar-refractivity contribution < 1.29 is 4.79 Å². The standard InChI is InChI=1S/C15H22N2O.ClH/c1-11-5-7-12(8-6-11)9-15(18)17-14-4-2-3-13(14)10-16;/h5-8,13-14H,2-4,9-10,16H2,1H3,(H,17,18);1H. The lowest BCUT2D eigenvalue weighted by atomic mass is 10.0. The van der Waals surface area contributed by atoms with E-state index in [4.69, 9.17) is 5.73 Å². The summed E-state index contributed by atoms with van der Waals surface area (Å²) in [7, 11) is 0. The lowest BCUT2D eigenvalue weighted by Gasteiger charge is -2.19. The fraction of sp³-hybridized carbons (Fsp3) is 0.533. The molecule has 3 N–H and O–H groups in total. The highest BCUT2D eigenvalue weighted by atomic mass is 35.5. The highest BCUT2D eigenvalue weighted by Crippen LogP contribution is 2.24. The molecule has 3 nitrogen and oxygen atoms in total. The van der Waals surface area contributed by atoms with E-state index in [9.17, 15) is 4.79 Å². The third-order valence-electron chi connectivity index (χ3n) is 3.79. The number of aryl methyl sites for hydroxylation is 1. The number of carbonyl (C=O) groups excluding carboxylic acids is 1. The van der Waals surface area contributed by atoms with Gasteiger partial charge in [0.25, 0.3) is 0 Å². The Morgan fingerprint density at radius 3 is 2.63 bits per heavy atom. The fourth-order valence-electron chi connectivity index (χ4n) is 2.66. The Balaban J connectivity index is 0.00000180. The zero-order valence-corrected chi connectivity index (χ0v) is 12.2. The zero-order chi connectivity index (χ0) is 13.0. The Morgan fingerprint density at radius 2 is 2.00 bits per heavy atom. The van der Waals surface area contributed by atoms with Crippen LogP contribution in [0.5, 0.6) is 0 Å². The third-order valence-corrected chi connectivity index (χ3v) is 3.79. The lowest BCUT2D eigenvalue weighted by Crippen LogP contribution is -2.40. The predicted molar refractivity (Wildman–Crippen MR) is 80.5 cm³/mol. The Kier molecular flexibility index (Phi) is 6.32. The van der Waals surface area contributed by atoms with Crippen molar-refractivity contribution in [3.8, 4) is 0 Å². The van der Waals surface area contributed by atoms with E-state index in [1.54, 1.807) is 0 Å². The van der Waals surface area contributed by atoms with Gasteiger partial charge in [-0.05, 0) is 37.8 Å². The summed E-state index contributed by atoms with van der Waals surface area (Å²) in [6.07, 6.45) is 3.86. The first-order chi connectivity index (χ1) is 8.69. The first-order valence-corrected chi connectivity index (χ1v) is 6.74. The van der Waals surface area contributed by atoms with Gasteiger partial charge in [0.05, 0.1) is 6.42 Å². The normalized spacial score (nSPS) is 21.8. The molecule has 1 saturated carbocycles. The maximum absolute atomic E-state index is 12.0. The summed E-state index contributed by atoms with van der Waals surface area (Å²) in [4.78, 5) is 12.0. The van der Waals surface area contributed by atoms with E-state index < -0.39 is 0 Å². The third kappa shape index (κ3) is 4.51. The quantitative estimate of drug-likeness (QED) is 0.890. The molecule has 1 fully saturated rings. The minimum Gasteiger partial charge on any atom is -0.353 e. The van der Waals surface area contributed by atoms with Crippen molar-refractivity contribution in [3.63, 3.8) is 0 Å². The number of nitrogens with one attached hydrogen (secondary N) is 1. The number of amides is 1. The number of benzene rings is 1. The molecule has 4 heteroatoms. The summed E-state index contributed by atoms with van der Waals surface area (Å²) in [5.74, 6) is 0.580. The minimum atomic E-state index is 0. The molecule has 2 rings (SSSR count). The predicted octanol–water partition coefficient (Wildman–Crippen LogP) is 2.20. The summed E-state index contributed by atoms with van der Waals surface area (Å²) >= 11 is 0. The molecule has 1 aliphatic carbocycles. The molecular formula is C15H23ClN2O. The van der Waals surface area contributed by atoms with Gasteiger partial charge in [0, 0.05) is 6.04 Å². The van der Waals surface area contributed by atoms with Crippen molar-refractivity contribution in [2.45, 2.75) is 38.6 Å². The van der Waals surface area contributed by atoms with Gasteiger partial charge in [0.15, 0.2) is 0 Å². The van der Waals surface area contributed by atoms with Crippen molar-refractivity contribution >= 4 is 18.3 Å². The van der Waals surface area contributed by atoms with Crippen molar-refractivity contribution in [3.05, 3.63) is 35.4 Å². The Morgan fingerprint density at radius 1 is 1.32 bits per heavy atom. The van der Waals surface area contributed by atoms with Crippen LogP contribution in [0.2, 0.25) is 0 Å². The molecule has 1 aliphatic rings. The molecule has 1 aromatic rings. The highest BCUT2D eigenvalue weighted by Gasteiger charge is 2.27. The number of hydrogen-bond donors (Lipinski definition) is 2. The first kappa shape index (κ1) is 16.0. The second-order valence-electron chi connectivity index (χ2n) is 5.26. The summed E-state index contributed by atoms with van der Waals surface area (Å²) in [6.45, 7) is 2.73. The van der Waals surface area contributed by atoms with Crippen LogP contribution in [0, 0.1) is 12.8 Å². The Hall–Kier alpha value is -1.06. The summed E-state index contributed by atoms with van der Waals surface area (Å²) in [5.41, 5.74) is 8.01. The first-order valence-electron chi connectivity index (χ1n) is 6.74. The van der Waals surface area contributed by atoms with Crippen LogP contribution in [-0.4, -0.2) is 18.5 Å². The number of hydrogen-bond acceptors (Lipinski definition) is 2. The fourth-order valence-corrected chi connectivity index (χ4v) is 2.66. The van der Waals surface area contributed by atoms with Crippen LogP contribution < -0.4 is 11.1 Å². The molecule has 0 spiro atoms. The van der Waals surface area contributed by atoms with Gasteiger partial charge in [-0.3, -0.25) is 4.79 Å². The SMILES string of the molecule is Cc1ccc(CC(=O)NC2CCCC2CN)cc1.Cl. The van der Waals surface area contributed by atoms with Gasteiger partial charge in [-0.2, -0.15) is 0 Å². The van der Waals surface area contributed by atoms with Crippen LogP contribution in [0.25, 0.3) is 0 Å². The van der Waals surface area contributed by atoms with Gasteiger partial charge in [-0.1, -0.05) is 36.2 Å². The molecule has 2 atom stereocenters. The van der Waals surface area contributed by atoms with Crippen LogP contribution in [0.15, 0.2) is 24.3 Å². The smallest absolute Gasteiger partial charge is 0.224 e. The average molecular weight is 283 g/mol. The molecule has 0 radical (unpaired) electrons. The van der Waals surface area contributed by atoms with Crippen LogP contribution in [-0.2, 0) is 11.2 Å². The maximum atomic E-state index is 12.0. The van der Waals surface area contributed by atoms with Crippen LogP contribution in [0.4, 0.5) is 0 Å². The molecule has 1 amide bonds. The second kappa shape index (κ2) is 7.51. The van der Waals surface area contributed by atoms with E-state index in [-0.39, 0.29) is 24.4 Å². The number of halogens is 1. The van der Waals surface area contributed by atoms with Gasteiger partial charge in [-0.25, -0.2) is 0 Å². The van der Waals surface area contributed by atoms with Crippen molar-refractivity contribution in [2.24, 2.45) is 11.7 Å². The topological polar surface area (TPSA) is 55.1 Å². The minimum absolute atomic E-state index is 0. The molecule has 0 aromatic heterocycles. The van der Waals surface area contributed by atoms with E-state index in [0.717, 1.165) is 18.4 Å². The largest absolute Gasteiger partial charge is 0.353 e. The van der Waals surface area contributed by atoms with Crippen LogP contribution in [0.1, 0.15) is 30.4 Å². The summed E-state index contributed by atoms with van der Waals surface area (Å²) in [5, 5.41) is 3.12. The summed E-state index contributed by atoms with van der Waals surface area (Å²) in [6, 6.07) is 8.41. The van der Waals surface area contributed by atoms with E-state index in [1.165, 1.54) is 12.0 Å². The van der Waals surface area contributed by atoms with E-state index >= 15 is 0 Å². The molecule has 0 saturated heterocycles. The second-order valence-corrected chi connectivity index (χ2v) is 5.26. The number of carbonyl (C=O) groups is 1. The molecule has 0 bridgehead atoms. The lowest BCUT2D eigenvalue weighted by molar-refractivity contribution is -0.121. The number of rotatable bonds is 4. The number of nitrogens with two attached hydrogens (primary N) is 1.